The summed E-state index contributed by atoms with van der Waals surface area (Å²) in [6.45, 7) is 1.56. The molecule has 1 unspecified atom stereocenters. The summed E-state index contributed by atoms with van der Waals surface area (Å²) in [7, 11) is 0. The first-order chi connectivity index (χ1) is 18.1. The number of carboxylic acids is 1. The summed E-state index contributed by atoms with van der Waals surface area (Å²) in [5.74, 6) is -0.0307. The van der Waals surface area contributed by atoms with Crippen molar-refractivity contribution in [3.8, 4) is 5.75 Å². The molecule has 0 amide bonds. The number of hydrogen-bond donors (Lipinski definition) is 2. The van der Waals surface area contributed by atoms with Crippen LogP contribution in [0, 0.1) is 0 Å². The van der Waals surface area contributed by atoms with Crippen LogP contribution in [-0.2, 0) is 17.6 Å². The van der Waals surface area contributed by atoms with Crippen LogP contribution < -0.4 is 10.1 Å². The molecule has 0 saturated heterocycles. The van der Waals surface area contributed by atoms with Crippen LogP contribution in [0.4, 0.5) is 5.69 Å². The maximum atomic E-state index is 11.8. The van der Waals surface area contributed by atoms with Gasteiger partial charge in [0.1, 0.15) is 5.75 Å². The van der Waals surface area contributed by atoms with Crippen LogP contribution in [0.25, 0.3) is 21.7 Å². The third-order valence-electron chi connectivity index (χ3n) is 7.12. The molecule has 3 heterocycles. The van der Waals surface area contributed by atoms with Crippen LogP contribution in [0.5, 0.6) is 5.75 Å². The quantitative estimate of drug-likeness (QED) is 0.269. The van der Waals surface area contributed by atoms with Gasteiger partial charge in [0.15, 0.2) is 0 Å². The Kier molecular flexibility index (Phi) is 6.23. The van der Waals surface area contributed by atoms with E-state index in [0.717, 1.165) is 75.9 Å². The monoisotopic (exact) mass is 491 g/mol. The fraction of sp³-hybridized carbons (Fsp3) is 0.226. The lowest BCUT2D eigenvalue weighted by Crippen LogP contribution is -2.14. The number of nitrogens with zero attached hydrogens (tertiary/aromatic N) is 2. The molecule has 6 nitrogen and oxygen atoms in total. The molecule has 1 aliphatic rings. The van der Waals surface area contributed by atoms with E-state index in [9.17, 15) is 9.90 Å². The van der Waals surface area contributed by atoms with Crippen molar-refractivity contribution in [2.24, 2.45) is 0 Å². The largest absolute Gasteiger partial charge is 0.493 e. The predicted octanol–water partition coefficient (Wildman–Crippen LogP) is 6.23. The second-order valence-electron chi connectivity index (χ2n) is 9.59. The Balaban J connectivity index is 1.21. The molecule has 2 N–H and O–H groups in total. The van der Waals surface area contributed by atoms with Crippen molar-refractivity contribution in [3.63, 3.8) is 0 Å². The maximum Gasteiger partial charge on any atom is 0.305 e. The van der Waals surface area contributed by atoms with Crippen molar-refractivity contribution in [2.75, 3.05) is 18.5 Å². The Bertz CT molecular complexity index is 1590. The zero-order valence-corrected chi connectivity index (χ0v) is 20.6. The Morgan fingerprint density at radius 2 is 1.89 bits per heavy atom. The molecule has 186 valence electrons. The number of aromatic nitrogens is 2. The van der Waals surface area contributed by atoms with E-state index in [0.29, 0.717) is 6.61 Å². The molecule has 6 rings (SSSR count). The molecule has 37 heavy (non-hydrogen) atoms. The lowest BCUT2D eigenvalue weighted by atomic mass is 9.99. The van der Waals surface area contributed by atoms with Crippen molar-refractivity contribution >= 4 is 33.3 Å². The highest BCUT2D eigenvalue weighted by Gasteiger charge is 2.20. The summed E-state index contributed by atoms with van der Waals surface area (Å²) in [4.78, 5) is 16.6. The molecule has 1 atom stereocenters. The van der Waals surface area contributed by atoms with Gasteiger partial charge < -0.3 is 19.7 Å². The molecule has 0 fully saturated rings. The molecule has 5 aromatic rings. The fourth-order valence-corrected chi connectivity index (χ4v) is 5.25. The molecular weight excluding hydrogens is 462 g/mol. The third-order valence-corrected chi connectivity index (χ3v) is 7.12. The van der Waals surface area contributed by atoms with Gasteiger partial charge in [-0.05, 0) is 71.6 Å². The summed E-state index contributed by atoms with van der Waals surface area (Å²) in [6.07, 6.45) is 4.86. The van der Waals surface area contributed by atoms with Gasteiger partial charge in [0.2, 0.25) is 0 Å². The van der Waals surface area contributed by atoms with Crippen LogP contribution in [0.15, 0.2) is 85.1 Å². The number of hydrogen-bond acceptors (Lipinski definition) is 4. The highest BCUT2D eigenvalue weighted by Crippen LogP contribution is 2.31. The first kappa shape index (κ1) is 23.1. The van der Waals surface area contributed by atoms with Gasteiger partial charge in [0.25, 0.3) is 0 Å². The molecule has 0 aliphatic carbocycles. The summed E-state index contributed by atoms with van der Waals surface area (Å²) < 4.78 is 8.13. The first-order valence-corrected chi connectivity index (χ1v) is 12.8. The Morgan fingerprint density at radius 1 is 1.00 bits per heavy atom. The topological polar surface area (TPSA) is 76.4 Å². The van der Waals surface area contributed by atoms with Gasteiger partial charge in [0.05, 0.1) is 30.5 Å². The number of rotatable bonds is 8. The fourth-order valence-electron chi connectivity index (χ4n) is 5.25. The molecule has 0 bridgehead atoms. The molecule has 6 heteroatoms. The van der Waals surface area contributed by atoms with E-state index in [1.807, 2.05) is 48.7 Å². The highest BCUT2D eigenvalue weighted by atomic mass is 16.5. The van der Waals surface area contributed by atoms with Crippen LogP contribution in [0.2, 0.25) is 0 Å². The number of fused-ring (bicyclic) bond motifs is 3. The summed E-state index contributed by atoms with van der Waals surface area (Å²) in [5, 5.41) is 16.4. The molecular formula is C31H29N3O3. The number of nitrogens with one attached hydrogen (secondary N) is 1. The van der Waals surface area contributed by atoms with E-state index in [1.54, 1.807) is 0 Å². The SMILES string of the molecule is O=C(O)CC(c1ccc2ccccc2c1)n1ccc2cc(OCCc3ccc4c(n3)CCCN4)ccc21. The number of carboxylic acid groups (broad SMARTS) is 1. The number of aliphatic carboxylic acids is 1. The van der Waals surface area contributed by atoms with E-state index < -0.39 is 5.97 Å². The Labute approximate surface area is 215 Å². The van der Waals surface area contributed by atoms with E-state index in [4.69, 9.17) is 9.72 Å². The minimum atomic E-state index is -0.827. The van der Waals surface area contributed by atoms with Gasteiger partial charge >= 0.3 is 5.97 Å². The summed E-state index contributed by atoms with van der Waals surface area (Å²) >= 11 is 0. The number of carbonyl (C=O) groups is 1. The second kappa shape index (κ2) is 9.97. The van der Waals surface area contributed by atoms with Gasteiger partial charge in [-0.25, -0.2) is 0 Å². The Hall–Kier alpha value is -4.32. The van der Waals surface area contributed by atoms with Gasteiger partial charge in [-0.1, -0.05) is 36.4 Å². The lowest BCUT2D eigenvalue weighted by molar-refractivity contribution is -0.137. The van der Waals surface area contributed by atoms with Gasteiger partial charge in [-0.2, -0.15) is 0 Å². The van der Waals surface area contributed by atoms with Gasteiger partial charge in [-0.3, -0.25) is 9.78 Å². The first-order valence-electron chi connectivity index (χ1n) is 12.8. The molecule has 0 radical (unpaired) electrons. The smallest absolute Gasteiger partial charge is 0.305 e. The minimum Gasteiger partial charge on any atom is -0.493 e. The summed E-state index contributed by atoms with van der Waals surface area (Å²) in [6, 6.07) is 26.2. The van der Waals surface area contributed by atoms with E-state index in [1.165, 1.54) is 0 Å². The van der Waals surface area contributed by atoms with Crippen molar-refractivity contribution in [1.82, 2.24) is 9.55 Å². The van der Waals surface area contributed by atoms with Crippen molar-refractivity contribution in [1.29, 1.82) is 0 Å². The summed E-state index contributed by atoms with van der Waals surface area (Å²) in [5.41, 5.74) is 5.30. The lowest BCUT2D eigenvalue weighted by Gasteiger charge is -2.20. The van der Waals surface area contributed by atoms with Crippen LogP contribution in [0.1, 0.15) is 35.8 Å². The molecule has 1 aliphatic heterocycles. The van der Waals surface area contributed by atoms with Crippen molar-refractivity contribution in [3.05, 3.63) is 102 Å². The molecule has 0 spiro atoms. The van der Waals surface area contributed by atoms with Crippen molar-refractivity contribution in [2.45, 2.75) is 31.7 Å². The van der Waals surface area contributed by atoms with Crippen molar-refractivity contribution < 1.29 is 14.6 Å². The number of pyridine rings is 1. The predicted molar refractivity (Wildman–Crippen MR) is 147 cm³/mol. The third kappa shape index (κ3) is 4.87. The standard InChI is InChI=1S/C31H29N3O3/c35-31(36)20-30(23-8-7-21-4-1-2-5-22(21)18-23)34-16-13-24-19-26(10-12-29(24)34)37-17-14-25-9-11-27-28(33-25)6-3-15-32-27/h1-2,4-5,7-13,16,18-19,30,32H,3,6,14-15,17,20H2,(H,35,36). The second-order valence-corrected chi connectivity index (χ2v) is 9.59. The van der Waals surface area contributed by atoms with Gasteiger partial charge in [-0.15, -0.1) is 0 Å². The zero-order chi connectivity index (χ0) is 25.2. The molecule has 2 aromatic heterocycles. The molecule has 3 aromatic carbocycles. The maximum absolute atomic E-state index is 11.8. The van der Waals surface area contributed by atoms with E-state index in [-0.39, 0.29) is 12.5 Å². The average Bonchev–Trinajstić information content (AvgIpc) is 3.34. The van der Waals surface area contributed by atoms with Crippen LogP contribution in [-0.4, -0.2) is 33.8 Å². The number of ether oxygens (including phenoxy) is 1. The van der Waals surface area contributed by atoms with E-state index >= 15 is 0 Å². The minimum absolute atomic E-state index is 0.00364. The molecule has 0 saturated carbocycles. The number of aryl methyl sites for hydroxylation is 1. The highest BCUT2D eigenvalue weighted by molar-refractivity contribution is 5.84. The van der Waals surface area contributed by atoms with Crippen LogP contribution in [0.3, 0.4) is 0 Å². The average molecular weight is 492 g/mol. The number of benzene rings is 3. The normalized spacial score (nSPS) is 13.7. The number of anilines is 1. The van der Waals surface area contributed by atoms with Crippen LogP contribution >= 0.6 is 0 Å². The zero-order valence-electron chi connectivity index (χ0n) is 20.6. The Morgan fingerprint density at radius 3 is 2.78 bits per heavy atom. The van der Waals surface area contributed by atoms with Gasteiger partial charge in [0, 0.05) is 35.8 Å². The van der Waals surface area contributed by atoms with E-state index in [2.05, 4.69) is 46.3 Å².